The Morgan fingerprint density at radius 1 is 1.60 bits per heavy atom. The van der Waals surface area contributed by atoms with Crippen molar-refractivity contribution < 1.29 is 14.3 Å². The molecule has 0 bridgehead atoms. The monoisotopic (exact) mass is 341 g/mol. The van der Waals surface area contributed by atoms with E-state index in [0.717, 1.165) is 36.2 Å². The molecule has 2 atom stereocenters. The highest BCUT2D eigenvalue weighted by molar-refractivity contribution is 9.10. The Kier molecular flexibility index (Phi) is 5.57. The van der Waals surface area contributed by atoms with Gasteiger partial charge >= 0.3 is 5.97 Å². The van der Waals surface area contributed by atoms with E-state index >= 15 is 0 Å². The first-order valence-electron chi connectivity index (χ1n) is 6.73. The molecule has 4 nitrogen and oxygen atoms in total. The predicted molar refractivity (Wildman–Crippen MR) is 80.5 cm³/mol. The van der Waals surface area contributed by atoms with Crippen molar-refractivity contribution >= 4 is 21.9 Å². The summed E-state index contributed by atoms with van der Waals surface area (Å²) in [6.07, 6.45) is 1.05. The van der Waals surface area contributed by atoms with Gasteiger partial charge in [0.2, 0.25) is 0 Å². The van der Waals surface area contributed by atoms with Gasteiger partial charge in [-0.25, -0.2) is 4.79 Å². The van der Waals surface area contributed by atoms with E-state index in [0.29, 0.717) is 5.92 Å². The van der Waals surface area contributed by atoms with Gasteiger partial charge in [-0.15, -0.1) is 0 Å². The highest BCUT2D eigenvalue weighted by Crippen LogP contribution is 2.26. The first-order valence-corrected chi connectivity index (χ1v) is 7.52. The van der Waals surface area contributed by atoms with Crippen LogP contribution < -0.4 is 0 Å². The van der Waals surface area contributed by atoms with E-state index in [1.165, 1.54) is 7.11 Å². The fourth-order valence-corrected chi connectivity index (χ4v) is 3.02. The summed E-state index contributed by atoms with van der Waals surface area (Å²) in [5.74, 6) is 0.254. The molecule has 1 aliphatic heterocycles. The van der Waals surface area contributed by atoms with Crippen LogP contribution in [0.3, 0.4) is 0 Å². The van der Waals surface area contributed by atoms with Gasteiger partial charge in [-0.2, -0.15) is 0 Å². The van der Waals surface area contributed by atoms with Crippen molar-refractivity contribution in [1.29, 1.82) is 0 Å². The topological polar surface area (TPSA) is 38.8 Å². The Morgan fingerprint density at radius 3 is 3.00 bits per heavy atom. The summed E-state index contributed by atoms with van der Waals surface area (Å²) >= 11 is 3.45. The molecule has 0 aliphatic carbocycles. The van der Waals surface area contributed by atoms with Crippen LogP contribution in [0.5, 0.6) is 0 Å². The van der Waals surface area contributed by atoms with Crippen LogP contribution >= 0.6 is 15.9 Å². The van der Waals surface area contributed by atoms with Gasteiger partial charge in [0.15, 0.2) is 0 Å². The highest BCUT2D eigenvalue weighted by Gasteiger charge is 2.29. The molecule has 1 aliphatic rings. The fraction of sp³-hybridized carbons (Fsp3) is 0.533. The van der Waals surface area contributed by atoms with E-state index in [-0.39, 0.29) is 12.0 Å². The third-order valence-electron chi connectivity index (χ3n) is 3.60. The summed E-state index contributed by atoms with van der Waals surface area (Å²) in [5.41, 5.74) is 0.938. The maximum Gasteiger partial charge on any atom is 0.327 e. The minimum absolute atomic E-state index is 0.232. The standard InChI is InChI=1S/C15H20BrNO3/c1-17(9-11-6-7-20-10-11)14(15(18)19-2)12-4-3-5-13(16)8-12/h3-5,8,11,14H,6-7,9-10H2,1-2H3. The molecule has 0 spiro atoms. The molecule has 1 heterocycles. The lowest BCUT2D eigenvalue weighted by atomic mass is 10.0. The van der Waals surface area contributed by atoms with Crippen molar-refractivity contribution in [2.45, 2.75) is 12.5 Å². The van der Waals surface area contributed by atoms with Crippen molar-refractivity contribution in [3.63, 3.8) is 0 Å². The summed E-state index contributed by atoms with van der Waals surface area (Å²) in [6, 6.07) is 7.42. The second-order valence-corrected chi connectivity index (χ2v) is 6.07. The molecule has 20 heavy (non-hydrogen) atoms. The summed E-state index contributed by atoms with van der Waals surface area (Å²) in [5, 5.41) is 0. The van der Waals surface area contributed by atoms with Gasteiger partial charge in [0, 0.05) is 17.6 Å². The normalized spacial score (nSPS) is 20.1. The van der Waals surface area contributed by atoms with E-state index < -0.39 is 0 Å². The van der Waals surface area contributed by atoms with Gasteiger partial charge in [-0.05, 0) is 37.1 Å². The van der Waals surface area contributed by atoms with E-state index in [2.05, 4.69) is 15.9 Å². The predicted octanol–water partition coefficient (Wildman–Crippen LogP) is 2.63. The van der Waals surface area contributed by atoms with Crippen molar-refractivity contribution in [2.24, 2.45) is 5.92 Å². The molecule has 1 fully saturated rings. The first-order chi connectivity index (χ1) is 9.61. The number of likely N-dealkylation sites (N-methyl/N-ethyl adjacent to an activating group) is 1. The van der Waals surface area contributed by atoms with Crippen molar-refractivity contribution in [3.05, 3.63) is 34.3 Å². The van der Waals surface area contributed by atoms with Gasteiger partial charge in [0.1, 0.15) is 6.04 Å². The molecule has 0 amide bonds. The molecular weight excluding hydrogens is 322 g/mol. The van der Waals surface area contributed by atoms with Crippen molar-refractivity contribution in [1.82, 2.24) is 4.90 Å². The number of nitrogens with zero attached hydrogens (tertiary/aromatic N) is 1. The maximum absolute atomic E-state index is 12.1. The molecule has 0 aromatic heterocycles. The SMILES string of the molecule is COC(=O)C(c1cccc(Br)c1)N(C)CC1CCOC1. The van der Waals surface area contributed by atoms with Gasteiger partial charge in [-0.1, -0.05) is 28.1 Å². The van der Waals surface area contributed by atoms with Crippen LogP contribution in [0.1, 0.15) is 18.0 Å². The molecule has 1 aromatic rings. The van der Waals surface area contributed by atoms with Crippen molar-refractivity contribution in [2.75, 3.05) is 33.9 Å². The summed E-state index contributed by atoms with van der Waals surface area (Å²) < 4.78 is 11.3. The molecule has 1 saturated heterocycles. The second-order valence-electron chi connectivity index (χ2n) is 5.15. The van der Waals surface area contributed by atoms with E-state index in [1.54, 1.807) is 0 Å². The minimum atomic E-state index is -0.377. The molecule has 110 valence electrons. The van der Waals surface area contributed by atoms with Crippen LogP contribution in [0, 0.1) is 5.92 Å². The van der Waals surface area contributed by atoms with Gasteiger partial charge in [0.05, 0.1) is 13.7 Å². The van der Waals surface area contributed by atoms with Crippen LogP contribution in [0.25, 0.3) is 0 Å². The summed E-state index contributed by atoms with van der Waals surface area (Å²) in [6.45, 7) is 2.42. The Morgan fingerprint density at radius 2 is 2.40 bits per heavy atom. The van der Waals surface area contributed by atoms with E-state index in [9.17, 15) is 4.79 Å². The quantitative estimate of drug-likeness (QED) is 0.771. The molecule has 0 radical (unpaired) electrons. The minimum Gasteiger partial charge on any atom is -0.468 e. The number of hydrogen-bond acceptors (Lipinski definition) is 4. The summed E-state index contributed by atoms with van der Waals surface area (Å²) in [4.78, 5) is 14.2. The van der Waals surface area contributed by atoms with Crippen LogP contribution in [-0.4, -0.2) is 44.8 Å². The lowest BCUT2D eigenvalue weighted by Gasteiger charge is -2.28. The fourth-order valence-electron chi connectivity index (χ4n) is 2.60. The lowest BCUT2D eigenvalue weighted by Crippen LogP contribution is -2.35. The molecule has 1 aromatic carbocycles. The highest BCUT2D eigenvalue weighted by atomic mass is 79.9. The zero-order valence-corrected chi connectivity index (χ0v) is 13.4. The molecule has 0 saturated carbocycles. The molecule has 0 N–H and O–H groups in total. The maximum atomic E-state index is 12.1. The number of methoxy groups -OCH3 is 1. The Balaban J connectivity index is 2.16. The number of esters is 1. The Bertz CT molecular complexity index is 460. The smallest absolute Gasteiger partial charge is 0.327 e. The summed E-state index contributed by atoms with van der Waals surface area (Å²) in [7, 11) is 3.39. The van der Waals surface area contributed by atoms with E-state index in [4.69, 9.17) is 9.47 Å². The number of halogens is 1. The number of ether oxygens (including phenoxy) is 2. The van der Waals surface area contributed by atoms with Gasteiger partial charge in [-0.3, -0.25) is 4.90 Å². The van der Waals surface area contributed by atoms with E-state index in [1.807, 2.05) is 36.2 Å². The lowest BCUT2D eigenvalue weighted by molar-refractivity contribution is -0.147. The van der Waals surface area contributed by atoms with Crippen LogP contribution in [0.15, 0.2) is 28.7 Å². The average molecular weight is 342 g/mol. The Hall–Kier alpha value is -0.910. The zero-order valence-electron chi connectivity index (χ0n) is 11.8. The number of benzene rings is 1. The van der Waals surface area contributed by atoms with Crippen molar-refractivity contribution in [3.8, 4) is 0 Å². The van der Waals surface area contributed by atoms with Crippen LogP contribution in [0.4, 0.5) is 0 Å². The number of hydrogen-bond donors (Lipinski definition) is 0. The average Bonchev–Trinajstić information content (AvgIpc) is 2.91. The molecule has 2 unspecified atom stereocenters. The third-order valence-corrected chi connectivity index (χ3v) is 4.09. The second kappa shape index (κ2) is 7.20. The molecule has 5 heteroatoms. The zero-order chi connectivity index (χ0) is 14.5. The molecule has 2 rings (SSSR count). The van der Waals surface area contributed by atoms with Gasteiger partial charge < -0.3 is 9.47 Å². The largest absolute Gasteiger partial charge is 0.468 e. The van der Waals surface area contributed by atoms with Crippen LogP contribution in [-0.2, 0) is 14.3 Å². The molecular formula is C15H20BrNO3. The Labute approximate surface area is 128 Å². The number of carbonyl (C=O) groups excluding carboxylic acids is 1. The van der Waals surface area contributed by atoms with Gasteiger partial charge in [0.25, 0.3) is 0 Å². The third kappa shape index (κ3) is 3.81. The number of carbonyl (C=O) groups is 1. The number of rotatable bonds is 5. The van der Waals surface area contributed by atoms with Crippen LogP contribution in [0.2, 0.25) is 0 Å². The first kappa shape index (κ1) is 15.5.